The monoisotopic (exact) mass is 254 g/mol. The van der Waals surface area contributed by atoms with Gasteiger partial charge in [0, 0.05) is 25.2 Å². The summed E-state index contributed by atoms with van der Waals surface area (Å²) in [6, 6.07) is 0.366. The number of hydrogen-bond donors (Lipinski definition) is 0. The Hall–Kier alpha value is -0.610. The Morgan fingerprint density at radius 3 is 2.83 bits per heavy atom. The van der Waals surface area contributed by atoms with E-state index < -0.39 is 0 Å². The zero-order chi connectivity index (χ0) is 13.2. The fourth-order valence-corrected chi connectivity index (χ4v) is 3.54. The molecule has 0 spiro atoms. The molecule has 0 aliphatic carbocycles. The normalized spacial score (nSPS) is 33.9. The molecule has 2 rings (SSSR count). The third-order valence-corrected chi connectivity index (χ3v) is 4.88. The first kappa shape index (κ1) is 13.8. The van der Waals surface area contributed by atoms with E-state index in [0.717, 1.165) is 25.9 Å². The van der Waals surface area contributed by atoms with Gasteiger partial charge in [-0.3, -0.25) is 9.69 Å². The Bertz CT molecular complexity index is 308. The largest absolute Gasteiger partial charge is 0.375 e. The minimum Gasteiger partial charge on any atom is -0.375 e. The summed E-state index contributed by atoms with van der Waals surface area (Å²) in [5, 5.41) is 0. The van der Waals surface area contributed by atoms with E-state index in [2.05, 4.69) is 23.8 Å². The molecule has 104 valence electrons. The van der Waals surface area contributed by atoms with Gasteiger partial charge in [0.1, 0.15) is 6.61 Å². The number of amides is 1. The fraction of sp³-hybridized carbons (Fsp3) is 0.929. The van der Waals surface area contributed by atoms with E-state index in [4.69, 9.17) is 4.74 Å². The first-order valence-electron chi connectivity index (χ1n) is 7.09. The molecule has 2 heterocycles. The summed E-state index contributed by atoms with van der Waals surface area (Å²) in [5.74, 6) is 0.153. The number of likely N-dealkylation sites (N-methyl/N-ethyl adjacent to an activating group) is 1. The molecule has 0 aromatic heterocycles. The van der Waals surface area contributed by atoms with Crippen LogP contribution in [0.1, 0.15) is 39.0 Å². The molecule has 0 bridgehead atoms. The maximum Gasteiger partial charge on any atom is 0.248 e. The van der Waals surface area contributed by atoms with Crippen molar-refractivity contribution in [3.63, 3.8) is 0 Å². The van der Waals surface area contributed by atoms with E-state index in [9.17, 15) is 4.79 Å². The van der Waals surface area contributed by atoms with Gasteiger partial charge in [0.15, 0.2) is 0 Å². The number of methoxy groups -OCH3 is 1. The summed E-state index contributed by atoms with van der Waals surface area (Å²) < 4.78 is 5.01. The number of nitrogens with zero attached hydrogens (tertiary/aromatic N) is 2. The molecule has 4 heteroatoms. The van der Waals surface area contributed by atoms with E-state index in [0.29, 0.717) is 6.04 Å². The summed E-state index contributed by atoms with van der Waals surface area (Å²) in [7, 11) is 3.81. The van der Waals surface area contributed by atoms with Crippen LogP contribution in [0.4, 0.5) is 0 Å². The molecule has 18 heavy (non-hydrogen) atoms. The van der Waals surface area contributed by atoms with Crippen LogP contribution < -0.4 is 0 Å². The fourth-order valence-electron chi connectivity index (χ4n) is 3.54. The molecule has 0 radical (unpaired) electrons. The highest BCUT2D eigenvalue weighted by atomic mass is 16.5. The van der Waals surface area contributed by atoms with Crippen LogP contribution in [0.15, 0.2) is 0 Å². The average molecular weight is 254 g/mol. The molecule has 0 saturated carbocycles. The smallest absolute Gasteiger partial charge is 0.248 e. The highest BCUT2D eigenvalue weighted by Gasteiger charge is 2.47. The highest BCUT2D eigenvalue weighted by Crippen LogP contribution is 2.37. The molecule has 2 aliphatic rings. The lowest BCUT2D eigenvalue weighted by molar-refractivity contribution is -0.137. The van der Waals surface area contributed by atoms with E-state index >= 15 is 0 Å². The third-order valence-electron chi connectivity index (χ3n) is 4.88. The zero-order valence-electron chi connectivity index (χ0n) is 11.9. The molecule has 2 saturated heterocycles. The van der Waals surface area contributed by atoms with Gasteiger partial charge in [-0.2, -0.15) is 0 Å². The molecule has 0 N–H and O–H groups in total. The summed E-state index contributed by atoms with van der Waals surface area (Å²) in [6.07, 6.45) is 6.03. The van der Waals surface area contributed by atoms with Crippen molar-refractivity contribution in [1.29, 1.82) is 0 Å². The van der Waals surface area contributed by atoms with Crippen LogP contribution >= 0.6 is 0 Å². The van der Waals surface area contributed by atoms with Crippen molar-refractivity contribution in [3.05, 3.63) is 0 Å². The lowest BCUT2D eigenvalue weighted by Gasteiger charge is -2.43. The van der Waals surface area contributed by atoms with Gasteiger partial charge in [0.2, 0.25) is 5.91 Å². The summed E-state index contributed by atoms with van der Waals surface area (Å²) in [5.41, 5.74) is 0.157. The molecular weight excluding hydrogens is 228 g/mol. The van der Waals surface area contributed by atoms with Gasteiger partial charge in [-0.1, -0.05) is 12.8 Å². The Labute approximate surface area is 110 Å². The first-order chi connectivity index (χ1) is 8.59. The van der Waals surface area contributed by atoms with Crippen molar-refractivity contribution >= 4 is 5.91 Å². The zero-order valence-corrected chi connectivity index (χ0v) is 11.9. The van der Waals surface area contributed by atoms with Crippen LogP contribution in [-0.4, -0.2) is 61.1 Å². The Morgan fingerprint density at radius 1 is 1.33 bits per heavy atom. The topological polar surface area (TPSA) is 32.8 Å². The van der Waals surface area contributed by atoms with E-state index in [1.807, 2.05) is 0 Å². The maximum atomic E-state index is 12.1. The molecule has 1 amide bonds. The van der Waals surface area contributed by atoms with Crippen LogP contribution in [0.3, 0.4) is 0 Å². The van der Waals surface area contributed by atoms with Gasteiger partial charge < -0.3 is 9.64 Å². The number of likely N-dealkylation sites (tertiary alicyclic amines) is 2. The van der Waals surface area contributed by atoms with Crippen LogP contribution in [-0.2, 0) is 9.53 Å². The molecule has 0 unspecified atom stereocenters. The lowest BCUT2D eigenvalue weighted by Crippen LogP contribution is -2.55. The Morgan fingerprint density at radius 2 is 2.11 bits per heavy atom. The molecule has 4 nitrogen and oxygen atoms in total. The minimum absolute atomic E-state index is 0.153. The van der Waals surface area contributed by atoms with Crippen molar-refractivity contribution in [2.24, 2.45) is 0 Å². The minimum atomic E-state index is 0.153. The molecular formula is C14H26N2O2. The van der Waals surface area contributed by atoms with Crippen LogP contribution in [0.2, 0.25) is 0 Å². The van der Waals surface area contributed by atoms with Gasteiger partial charge in [-0.05, 0) is 39.8 Å². The standard InChI is InChI=1S/C14H26N2O2/c1-14-8-10-16(13(17)11-18-3)12(14)7-5-4-6-9-15(14)2/h12H,4-11H2,1-3H3/t12-,14-/m0/s1. The molecule has 0 aromatic rings. The van der Waals surface area contributed by atoms with Crippen LogP contribution in [0, 0.1) is 0 Å². The van der Waals surface area contributed by atoms with E-state index in [1.165, 1.54) is 19.3 Å². The predicted octanol–water partition coefficient (Wildman–Crippen LogP) is 1.50. The summed E-state index contributed by atoms with van der Waals surface area (Å²) >= 11 is 0. The summed E-state index contributed by atoms with van der Waals surface area (Å²) in [4.78, 5) is 16.7. The van der Waals surface area contributed by atoms with Gasteiger partial charge in [-0.25, -0.2) is 0 Å². The van der Waals surface area contributed by atoms with Crippen molar-refractivity contribution < 1.29 is 9.53 Å². The maximum absolute atomic E-state index is 12.1. The first-order valence-corrected chi connectivity index (χ1v) is 7.09. The van der Waals surface area contributed by atoms with Crippen molar-refractivity contribution in [2.45, 2.75) is 50.6 Å². The highest BCUT2D eigenvalue weighted by molar-refractivity contribution is 5.78. The van der Waals surface area contributed by atoms with E-state index in [1.54, 1.807) is 7.11 Å². The SMILES string of the molecule is COCC(=O)N1CC[C@@]2(C)[C@@H]1CCCCCN2C. The number of fused-ring (bicyclic) bond motifs is 1. The second kappa shape index (κ2) is 5.57. The lowest BCUT2D eigenvalue weighted by atomic mass is 9.85. The average Bonchev–Trinajstić information content (AvgIpc) is 2.66. The predicted molar refractivity (Wildman–Crippen MR) is 71.5 cm³/mol. The van der Waals surface area contributed by atoms with Gasteiger partial charge in [0.05, 0.1) is 0 Å². The van der Waals surface area contributed by atoms with Gasteiger partial charge in [0.25, 0.3) is 0 Å². The molecule has 2 aliphatic heterocycles. The third kappa shape index (κ3) is 2.41. The number of carbonyl (C=O) groups excluding carboxylic acids is 1. The number of ether oxygens (including phenoxy) is 1. The second-order valence-corrected chi connectivity index (χ2v) is 5.91. The number of carbonyl (C=O) groups is 1. The van der Waals surface area contributed by atoms with Crippen molar-refractivity contribution in [3.8, 4) is 0 Å². The second-order valence-electron chi connectivity index (χ2n) is 5.91. The van der Waals surface area contributed by atoms with Crippen molar-refractivity contribution in [2.75, 3.05) is 33.9 Å². The quantitative estimate of drug-likeness (QED) is 0.748. The van der Waals surface area contributed by atoms with Gasteiger partial charge >= 0.3 is 0 Å². The van der Waals surface area contributed by atoms with Crippen molar-refractivity contribution in [1.82, 2.24) is 9.80 Å². The Kier molecular flexibility index (Phi) is 4.28. The summed E-state index contributed by atoms with van der Waals surface area (Å²) in [6.45, 7) is 4.58. The van der Waals surface area contributed by atoms with E-state index in [-0.39, 0.29) is 18.1 Å². The Balaban J connectivity index is 2.15. The van der Waals surface area contributed by atoms with Gasteiger partial charge in [-0.15, -0.1) is 0 Å². The van der Waals surface area contributed by atoms with Crippen LogP contribution in [0.25, 0.3) is 0 Å². The van der Waals surface area contributed by atoms with Crippen LogP contribution in [0.5, 0.6) is 0 Å². The molecule has 0 aromatic carbocycles. The number of rotatable bonds is 2. The molecule has 2 fully saturated rings. The molecule has 2 atom stereocenters. The number of hydrogen-bond acceptors (Lipinski definition) is 3.